The second kappa shape index (κ2) is 5.11. The average Bonchev–Trinajstić information content (AvgIpc) is 2.55. The topological polar surface area (TPSA) is 49.4 Å². The molecule has 1 aromatic rings. The van der Waals surface area contributed by atoms with Gasteiger partial charge in [-0.05, 0) is 49.1 Å². The summed E-state index contributed by atoms with van der Waals surface area (Å²) in [5.74, 6) is 0.533. The van der Waals surface area contributed by atoms with Gasteiger partial charge in [-0.1, -0.05) is 24.3 Å². The second-order valence-electron chi connectivity index (χ2n) is 7.05. The molecule has 1 aliphatic heterocycles. The maximum absolute atomic E-state index is 11.5. The van der Waals surface area contributed by atoms with Crippen LogP contribution in [0.5, 0.6) is 0 Å². The third-order valence-electron chi connectivity index (χ3n) is 6.28. The molecule has 2 amide bonds. The van der Waals surface area contributed by atoms with Crippen molar-refractivity contribution >= 4 is 12.8 Å². The molecule has 1 heterocycles. The van der Waals surface area contributed by atoms with E-state index in [1.165, 1.54) is 11.1 Å². The van der Waals surface area contributed by atoms with Gasteiger partial charge in [0, 0.05) is 24.0 Å². The number of nitrogens with one attached hydrogen (secondary N) is 1. The number of piperidine rings is 1. The number of fused-ring (bicyclic) bond motifs is 1. The van der Waals surface area contributed by atoms with Gasteiger partial charge in [0.2, 0.25) is 12.8 Å². The molecule has 4 heteroatoms. The largest absolute Gasteiger partial charge is 0.356 e. The molecular weight excluding hydrogens is 276 g/mol. The fraction of sp³-hybridized carbons (Fsp3) is 0.556. The minimum absolute atomic E-state index is 0.137. The summed E-state index contributed by atoms with van der Waals surface area (Å²) in [6.07, 6.45) is 7.00. The highest BCUT2D eigenvalue weighted by molar-refractivity contribution is 5.52. The number of hydrogen-bond donors (Lipinski definition) is 1. The van der Waals surface area contributed by atoms with Crippen LogP contribution in [0.2, 0.25) is 0 Å². The normalized spacial score (nSPS) is 36.0. The van der Waals surface area contributed by atoms with Crippen LogP contribution < -0.4 is 5.32 Å². The van der Waals surface area contributed by atoms with Gasteiger partial charge in [0.05, 0.1) is 0 Å². The van der Waals surface area contributed by atoms with E-state index in [0.717, 1.165) is 51.5 Å². The lowest BCUT2D eigenvalue weighted by Crippen LogP contribution is -2.62. The number of amides is 2. The molecule has 2 fully saturated rings. The van der Waals surface area contributed by atoms with E-state index in [1.807, 2.05) is 4.90 Å². The lowest BCUT2D eigenvalue weighted by molar-refractivity contribution is -0.127. The molecule has 1 aromatic carbocycles. The van der Waals surface area contributed by atoms with Gasteiger partial charge in [0.1, 0.15) is 0 Å². The van der Waals surface area contributed by atoms with Gasteiger partial charge in [-0.2, -0.15) is 0 Å². The fourth-order valence-corrected chi connectivity index (χ4v) is 5.41. The van der Waals surface area contributed by atoms with Crippen LogP contribution in [0.15, 0.2) is 24.3 Å². The molecule has 4 atom stereocenters. The molecule has 0 aromatic heterocycles. The molecule has 1 saturated carbocycles. The fourth-order valence-electron chi connectivity index (χ4n) is 5.41. The first kappa shape index (κ1) is 13.8. The standard InChI is InChI=1S/C18H22N2O2/c21-11-19-14-5-6-16-17-9-13-3-1-2-4-15(13)18(16,10-14)7-8-20(17)12-22/h1-4,11-12,14,16-17H,5-10H2,(H,19,21)/t14-,16-,17+,18+/m0/s1. The molecule has 2 bridgehead atoms. The minimum Gasteiger partial charge on any atom is -0.356 e. The Hall–Kier alpha value is -1.84. The van der Waals surface area contributed by atoms with Crippen molar-refractivity contribution in [3.63, 3.8) is 0 Å². The van der Waals surface area contributed by atoms with Gasteiger partial charge in [0.15, 0.2) is 0 Å². The highest BCUT2D eigenvalue weighted by atomic mass is 16.1. The number of nitrogens with zero attached hydrogens (tertiary/aromatic N) is 1. The summed E-state index contributed by atoms with van der Waals surface area (Å²) in [5, 5.41) is 3.01. The molecule has 1 saturated heterocycles. The Morgan fingerprint density at radius 2 is 2.09 bits per heavy atom. The predicted molar refractivity (Wildman–Crippen MR) is 83.3 cm³/mol. The quantitative estimate of drug-likeness (QED) is 0.862. The first-order valence-electron chi connectivity index (χ1n) is 8.27. The third kappa shape index (κ3) is 1.82. The van der Waals surface area contributed by atoms with Gasteiger partial charge < -0.3 is 10.2 Å². The Morgan fingerprint density at radius 1 is 1.23 bits per heavy atom. The van der Waals surface area contributed by atoms with Crippen molar-refractivity contribution in [3.8, 4) is 0 Å². The lowest BCUT2D eigenvalue weighted by Gasteiger charge is -2.59. The molecule has 3 aliphatic rings. The number of hydrogen-bond acceptors (Lipinski definition) is 2. The van der Waals surface area contributed by atoms with Crippen molar-refractivity contribution in [1.29, 1.82) is 0 Å². The average molecular weight is 298 g/mol. The zero-order chi connectivity index (χ0) is 15.2. The van der Waals surface area contributed by atoms with Crippen molar-refractivity contribution in [2.75, 3.05) is 6.54 Å². The van der Waals surface area contributed by atoms with E-state index in [2.05, 4.69) is 29.6 Å². The van der Waals surface area contributed by atoms with Gasteiger partial charge in [-0.3, -0.25) is 9.59 Å². The summed E-state index contributed by atoms with van der Waals surface area (Å²) in [7, 11) is 0. The van der Waals surface area contributed by atoms with Crippen LogP contribution in [-0.2, 0) is 21.4 Å². The number of likely N-dealkylation sites (tertiary alicyclic amines) is 1. The van der Waals surface area contributed by atoms with Crippen molar-refractivity contribution in [2.24, 2.45) is 5.92 Å². The molecule has 22 heavy (non-hydrogen) atoms. The highest BCUT2D eigenvalue weighted by Gasteiger charge is 2.55. The predicted octanol–water partition coefficient (Wildman–Crippen LogP) is 1.63. The van der Waals surface area contributed by atoms with Crippen LogP contribution in [-0.4, -0.2) is 36.3 Å². The van der Waals surface area contributed by atoms with Gasteiger partial charge in [-0.15, -0.1) is 0 Å². The van der Waals surface area contributed by atoms with E-state index in [1.54, 1.807) is 0 Å². The minimum atomic E-state index is 0.137. The van der Waals surface area contributed by atoms with E-state index >= 15 is 0 Å². The molecule has 116 valence electrons. The Morgan fingerprint density at radius 3 is 2.91 bits per heavy atom. The Labute approximate surface area is 130 Å². The molecule has 0 radical (unpaired) electrons. The smallest absolute Gasteiger partial charge is 0.209 e. The molecule has 0 unspecified atom stereocenters. The van der Waals surface area contributed by atoms with Crippen LogP contribution in [0.1, 0.15) is 36.8 Å². The number of carbonyl (C=O) groups is 2. The van der Waals surface area contributed by atoms with Crippen molar-refractivity contribution in [3.05, 3.63) is 35.4 Å². The second-order valence-corrected chi connectivity index (χ2v) is 7.05. The highest BCUT2D eigenvalue weighted by Crippen LogP contribution is 2.55. The number of benzene rings is 1. The number of carbonyl (C=O) groups excluding carboxylic acids is 2. The molecule has 2 aliphatic carbocycles. The van der Waals surface area contributed by atoms with E-state index < -0.39 is 0 Å². The number of rotatable bonds is 3. The molecule has 0 spiro atoms. The zero-order valence-corrected chi connectivity index (χ0v) is 12.7. The van der Waals surface area contributed by atoms with E-state index in [0.29, 0.717) is 12.0 Å². The maximum Gasteiger partial charge on any atom is 0.209 e. The summed E-state index contributed by atoms with van der Waals surface area (Å²) in [5.41, 5.74) is 3.00. The van der Waals surface area contributed by atoms with Crippen LogP contribution in [0.25, 0.3) is 0 Å². The third-order valence-corrected chi connectivity index (χ3v) is 6.28. The summed E-state index contributed by atoms with van der Waals surface area (Å²) >= 11 is 0. The molecule has 4 nitrogen and oxygen atoms in total. The Balaban J connectivity index is 1.80. The first-order chi connectivity index (χ1) is 10.8. The Kier molecular flexibility index (Phi) is 3.21. The maximum atomic E-state index is 11.5. The molecule has 4 rings (SSSR count). The summed E-state index contributed by atoms with van der Waals surface area (Å²) < 4.78 is 0. The summed E-state index contributed by atoms with van der Waals surface area (Å²) in [6.45, 7) is 0.840. The van der Waals surface area contributed by atoms with E-state index in [4.69, 9.17) is 0 Å². The summed E-state index contributed by atoms with van der Waals surface area (Å²) in [4.78, 5) is 24.4. The van der Waals surface area contributed by atoms with Crippen LogP contribution in [0.4, 0.5) is 0 Å². The van der Waals surface area contributed by atoms with Gasteiger partial charge in [-0.25, -0.2) is 0 Å². The van der Waals surface area contributed by atoms with Crippen molar-refractivity contribution < 1.29 is 9.59 Å². The van der Waals surface area contributed by atoms with Crippen molar-refractivity contribution in [2.45, 2.75) is 49.6 Å². The summed E-state index contributed by atoms with van der Waals surface area (Å²) in [6, 6.07) is 9.32. The van der Waals surface area contributed by atoms with Crippen LogP contribution in [0.3, 0.4) is 0 Å². The van der Waals surface area contributed by atoms with Crippen LogP contribution in [0, 0.1) is 5.92 Å². The lowest BCUT2D eigenvalue weighted by atomic mass is 9.51. The SMILES string of the molecule is O=CN[C@H]1CC[C@H]2[C@H]3Cc4ccccc4[C@@]2(CCN3C=O)C1. The van der Waals surface area contributed by atoms with Crippen molar-refractivity contribution in [1.82, 2.24) is 10.2 Å². The molecule has 1 N–H and O–H groups in total. The Bertz CT molecular complexity index is 603. The zero-order valence-electron chi connectivity index (χ0n) is 12.7. The van der Waals surface area contributed by atoms with Gasteiger partial charge in [0.25, 0.3) is 0 Å². The van der Waals surface area contributed by atoms with Crippen LogP contribution >= 0.6 is 0 Å². The molecular formula is C18H22N2O2. The van der Waals surface area contributed by atoms with Gasteiger partial charge >= 0.3 is 0 Å². The monoisotopic (exact) mass is 298 g/mol. The first-order valence-corrected chi connectivity index (χ1v) is 8.27. The van der Waals surface area contributed by atoms with E-state index in [9.17, 15) is 9.59 Å². The van der Waals surface area contributed by atoms with E-state index in [-0.39, 0.29) is 11.5 Å².